The maximum atomic E-state index is 12.6. The molecule has 180 valence electrons. The average Bonchev–Trinajstić information content (AvgIpc) is 3.02. The highest BCUT2D eigenvalue weighted by molar-refractivity contribution is 5.55. The van der Waals surface area contributed by atoms with E-state index in [-0.39, 0.29) is 11.7 Å². The minimum atomic E-state index is -4.72. The third-order valence-corrected chi connectivity index (χ3v) is 6.33. The molecule has 0 amide bonds. The highest BCUT2D eigenvalue weighted by atomic mass is 19.4. The summed E-state index contributed by atoms with van der Waals surface area (Å²) in [5.74, 6) is 0.804. The highest BCUT2D eigenvalue weighted by Gasteiger charge is 2.31. The van der Waals surface area contributed by atoms with Crippen LogP contribution in [-0.4, -0.2) is 22.7 Å². The molecule has 0 bridgehead atoms. The molecular formula is C28H26F3N3O. The van der Waals surface area contributed by atoms with Crippen LogP contribution in [0.25, 0.3) is 5.69 Å². The van der Waals surface area contributed by atoms with E-state index in [2.05, 4.69) is 58.6 Å². The summed E-state index contributed by atoms with van der Waals surface area (Å²) in [7, 11) is 0. The lowest BCUT2D eigenvalue weighted by atomic mass is 9.86. The summed E-state index contributed by atoms with van der Waals surface area (Å²) in [5.41, 5.74) is 5.31. The molecule has 0 radical (unpaired) electrons. The fraction of sp³-hybridized carbons (Fsp3) is 0.250. The van der Waals surface area contributed by atoms with Crippen molar-refractivity contribution in [3.05, 3.63) is 107 Å². The molecule has 1 aliphatic heterocycles. The molecule has 0 aliphatic carbocycles. The summed E-state index contributed by atoms with van der Waals surface area (Å²) in [4.78, 5) is 0. The van der Waals surface area contributed by atoms with Gasteiger partial charge in [-0.25, -0.2) is 4.68 Å². The number of nitrogens with zero attached hydrogens (tertiary/aromatic N) is 2. The minimum absolute atomic E-state index is 0.135. The van der Waals surface area contributed by atoms with Gasteiger partial charge in [-0.3, -0.25) is 0 Å². The molecule has 0 saturated heterocycles. The fourth-order valence-electron chi connectivity index (χ4n) is 4.71. The second-order valence-corrected chi connectivity index (χ2v) is 8.69. The van der Waals surface area contributed by atoms with E-state index in [9.17, 15) is 13.2 Å². The van der Waals surface area contributed by atoms with Crippen LogP contribution in [0.2, 0.25) is 0 Å². The lowest BCUT2D eigenvalue weighted by molar-refractivity contribution is -0.274. The molecule has 1 aliphatic rings. The van der Waals surface area contributed by atoms with E-state index in [1.165, 1.54) is 28.8 Å². The van der Waals surface area contributed by atoms with Crippen LogP contribution in [0.15, 0.2) is 84.9 Å². The summed E-state index contributed by atoms with van der Waals surface area (Å²) < 4.78 is 43.6. The summed E-state index contributed by atoms with van der Waals surface area (Å²) in [6, 6.07) is 26.7. The van der Waals surface area contributed by atoms with Gasteiger partial charge in [0.1, 0.15) is 11.6 Å². The van der Waals surface area contributed by atoms with Crippen molar-refractivity contribution in [2.75, 3.05) is 11.9 Å². The minimum Gasteiger partial charge on any atom is -0.406 e. The summed E-state index contributed by atoms with van der Waals surface area (Å²) in [6.07, 6.45) is -0.988. The largest absolute Gasteiger partial charge is 0.573 e. The zero-order valence-corrected chi connectivity index (χ0v) is 19.1. The van der Waals surface area contributed by atoms with Gasteiger partial charge in [0.15, 0.2) is 0 Å². The maximum absolute atomic E-state index is 12.6. The molecule has 3 aromatic carbocycles. The van der Waals surface area contributed by atoms with Crippen molar-refractivity contribution in [1.82, 2.24) is 9.78 Å². The molecular weight excluding hydrogens is 451 g/mol. The first-order valence-electron chi connectivity index (χ1n) is 11.8. The van der Waals surface area contributed by atoms with Crippen LogP contribution in [0.3, 0.4) is 0 Å². The summed E-state index contributed by atoms with van der Waals surface area (Å²) in [5, 5.41) is 8.50. The summed E-state index contributed by atoms with van der Waals surface area (Å²) in [6.45, 7) is 0.828. The first-order chi connectivity index (χ1) is 17.0. The Kier molecular flexibility index (Phi) is 6.49. The molecule has 0 saturated carbocycles. The summed E-state index contributed by atoms with van der Waals surface area (Å²) >= 11 is 0. The van der Waals surface area contributed by atoms with Crippen LogP contribution in [0.4, 0.5) is 19.0 Å². The number of fused-ring (bicyclic) bond motifs is 1. The number of rotatable bonds is 6. The van der Waals surface area contributed by atoms with Crippen molar-refractivity contribution in [3.8, 4) is 11.4 Å². The SMILES string of the molecule is FC(F)(F)Oc1ccc(-n2nc(CC(c3ccccc3)c3ccccc3)c3c2NCCCC3)cc1. The number of benzene rings is 3. The van der Waals surface area contributed by atoms with Crippen LogP contribution in [-0.2, 0) is 12.8 Å². The van der Waals surface area contributed by atoms with Gasteiger partial charge in [0.25, 0.3) is 0 Å². The van der Waals surface area contributed by atoms with E-state index in [1.54, 1.807) is 12.1 Å². The number of hydrogen-bond donors (Lipinski definition) is 1. The normalized spacial score (nSPS) is 13.7. The maximum Gasteiger partial charge on any atom is 0.573 e. The average molecular weight is 478 g/mol. The topological polar surface area (TPSA) is 39.1 Å². The van der Waals surface area contributed by atoms with E-state index in [4.69, 9.17) is 5.10 Å². The lowest BCUT2D eigenvalue weighted by Gasteiger charge is -2.18. The molecule has 7 heteroatoms. The van der Waals surface area contributed by atoms with Gasteiger partial charge in [-0.15, -0.1) is 13.2 Å². The second kappa shape index (κ2) is 9.86. The smallest absolute Gasteiger partial charge is 0.406 e. The third-order valence-electron chi connectivity index (χ3n) is 6.33. The van der Waals surface area contributed by atoms with Crippen LogP contribution in [0, 0.1) is 0 Å². The van der Waals surface area contributed by atoms with Gasteiger partial charge in [0.2, 0.25) is 0 Å². The molecule has 0 spiro atoms. The monoisotopic (exact) mass is 477 g/mol. The van der Waals surface area contributed by atoms with Crippen molar-refractivity contribution in [3.63, 3.8) is 0 Å². The number of anilines is 1. The molecule has 1 aromatic heterocycles. The first-order valence-corrected chi connectivity index (χ1v) is 11.8. The number of halogens is 3. The number of hydrogen-bond acceptors (Lipinski definition) is 3. The third kappa shape index (κ3) is 5.34. The van der Waals surface area contributed by atoms with Crippen LogP contribution < -0.4 is 10.1 Å². The molecule has 0 unspecified atom stereocenters. The standard InChI is InChI=1S/C28H26F3N3O/c29-28(30,31)35-23-16-14-22(15-17-23)34-27-24(13-7-8-18-32-27)26(33-34)19-25(20-9-3-1-4-10-20)21-11-5-2-6-12-21/h1-6,9-12,14-17,25,32H,7-8,13,18-19H2. The Morgan fingerprint density at radius 3 is 2.09 bits per heavy atom. The van der Waals surface area contributed by atoms with E-state index in [0.29, 0.717) is 5.69 Å². The quantitative estimate of drug-likeness (QED) is 0.329. The molecule has 4 nitrogen and oxygen atoms in total. The molecule has 1 N–H and O–H groups in total. The Labute approximate surface area is 202 Å². The van der Waals surface area contributed by atoms with Gasteiger partial charge < -0.3 is 10.1 Å². The van der Waals surface area contributed by atoms with Gasteiger partial charge in [0.05, 0.1) is 11.4 Å². The van der Waals surface area contributed by atoms with Gasteiger partial charge in [-0.2, -0.15) is 5.10 Å². The van der Waals surface area contributed by atoms with Crippen LogP contribution in [0.1, 0.15) is 41.1 Å². The molecule has 4 aromatic rings. The van der Waals surface area contributed by atoms with E-state index in [1.807, 2.05) is 16.8 Å². The van der Waals surface area contributed by atoms with Gasteiger partial charge >= 0.3 is 6.36 Å². The Morgan fingerprint density at radius 1 is 0.857 bits per heavy atom. The number of alkyl halides is 3. The Morgan fingerprint density at radius 2 is 1.49 bits per heavy atom. The van der Waals surface area contributed by atoms with Crippen molar-refractivity contribution in [2.24, 2.45) is 0 Å². The number of ether oxygens (including phenoxy) is 1. The first kappa shape index (κ1) is 23.0. The van der Waals surface area contributed by atoms with E-state index < -0.39 is 6.36 Å². The predicted octanol–water partition coefficient (Wildman–Crippen LogP) is 6.89. The van der Waals surface area contributed by atoms with Gasteiger partial charge in [0, 0.05) is 24.4 Å². The van der Waals surface area contributed by atoms with E-state index >= 15 is 0 Å². The zero-order valence-electron chi connectivity index (χ0n) is 19.1. The van der Waals surface area contributed by atoms with Crippen molar-refractivity contribution in [1.29, 1.82) is 0 Å². The molecule has 5 rings (SSSR count). The van der Waals surface area contributed by atoms with E-state index in [0.717, 1.165) is 43.7 Å². The van der Waals surface area contributed by atoms with Gasteiger partial charge in [-0.05, 0) is 54.7 Å². The zero-order chi connectivity index (χ0) is 24.3. The fourth-order valence-corrected chi connectivity index (χ4v) is 4.71. The van der Waals surface area contributed by atoms with Crippen LogP contribution in [0.5, 0.6) is 5.75 Å². The van der Waals surface area contributed by atoms with Gasteiger partial charge in [-0.1, -0.05) is 60.7 Å². The van der Waals surface area contributed by atoms with Crippen molar-refractivity contribution >= 4 is 5.82 Å². The molecule has 2 heterocycles. The molecule has 0 fully saturated rings. The second-order valence-electron chi connectivity index (χ2n) is 8.69. The van der Waals surface area contributed by atoms with Crippen LogP contribution >= 0.6 is 0 Å². The number of aromatic nitrogens is 2. The Hall–Kier alpha value is -3.74. The highest BCUT2D eigenvalue weighted by Crippen LogP contribution is 2.34. The van der Waals surface area contributed by atoms with Crippen molar-refractivity contribution in [2.45, 2.75) is 38.0 Å². The molecule has 35 heavy (non-hydrogen) atoms. The Bertz CT molecular complexity index is 1210. The predicted molar refractivity (Wildman–Crippen MR) is 130 cm³/mol. The number of nitrogens with one attached hydrogen (secondary N) is 1. The van der Waals surface area contributed by atoms with Crippen molar-refractivity contribution < 1.29 is 17.9 Å². The Balaban J connectivity index is 1.53. The molecule has 0 atom stereocenters. The lowest BCUT2D eigenvalue weighted by Crippen LogP contribution is -2.17.